The van der Waals surface area contributed by atoms with Gasteiger partial charge in [0.05, 0.1) is 6.61 Å². The standard InChI is InChI=1S/C14H21NO2/c1-16-10-9-15-8-4-6-13-11-12-5-2-3-7-14(12)17-13/h2-3,5,7,13,15H,4,6,8-11H2,1H3. The molecule has 0 saturated carbocycles. The number of methoxy groups -OCH3 is 1. The summed E-state index contributed by atoms with van der Waals surface area (Å²) >= 11 is 0. The topological polar surface area (TPSA) is 30.5 Å². The number of hydrogen-bond acceptors (Lipinski definition) is 3. The zero-order valence-corrected chi connectivity index (χ0v) is 10.4. The van der Waals surface area contributed by atoms with E-state index in [0.717, 1.165) is 44.7 Å². The number of fused-ring (bicyclic) bond motifs is 1. The molecule has 1 atom stereocenters. The molecule has 1 unspecified atom stereocenters. The maximum absolute atomic E-state index is 5.88. The van der Waals surface area contributed by atoms with Gasteiger partial charge in [-0.15, -0.1) is 0 Å². The van der Waals surface area contributed by atoms with E-state index in [4.69, 9.17) is 9.47 Å². The van der Waals surface area contributed by atoms with E-state index < -0.39 is 0 Å². The fraction of sp³-hybridized carbons (Fsp3) is 0.571. The van der Waals surface area contributed by atoms with E-state index in [9.17, 15) is 0 Å². The second kappa shape index (κ2) is 6.62. The average molecular weight is 235 g/mol. The number of para-hydroxylation sites is 1. The van der Waals surface area contributed by atoms with Crippen LogP contribution in [0.25, 0.3) is 0 Å². The summed E-state index contributed by atoms with van der Waals surface area (Å²) in [5.74, 6) is 1.07. The maximum atomic E-state index is 5.88. The predicted molar refractivity (Wildman–Crippen MR) is 68.5 cm³/mol. The van der Waals surface area contributed by atoms with Crippen LogP contribution >= 0.6 is 0 Å². The molecule has 0 fully saturated rings. The molecule has 0 radical (unpaired) electrons. The molecular weight excluding hydrogens is 214 g/mol. The van der Waals surface area contributed by atoms with Crippen LogP contribution in [0.5, 0.6) is 5.75 Å². The molecule has 0 amide bonds. The van der Waals surface area contributed by atoms with Gasteiger partial charge in [-0.05, 0) is 31.0 Å². The van der Waals surface area contributed by atoms with Crippen molar-refractivity contribution in [1.29, 1.82) is 0 Å². The van der Waals surface area contributed by atoms with Crippen LogP contribution in [0.1, 0.15) is 18.4 Å². The molecule has 0 spiro atoms. The van der Waals surface area contributed by atoms with Crippen LogP contribution in [-0.4, -0.2) is 32.9 Å². The molecule has 0 aliphatic carbocycles. The van der Waals surface area contributed by atoms with Crippen molar-refractivity contribution in [3.63, 3.8) is 0 Å². The molecule has 3 nitrogen and oxygen atoms in total. The zero-order valence-electron chi connectivity index (χ0n) is 10.4. The van der Waals surface area contributed by atoms with E-state index in [1.807, 2.05) is 6.07 Å². The van der Waals surface area contributed by atoms with E-state index in [1.165, 1.54) is 5.56 Å². The number of benzene rings is 1. The summed E-state index contributed by atoms with van der Waals surface area (Å²) in [6.45, 7) is 2.76. The average Bonchev–Trinajstić information content (AvgIpc) is 2.76. The normalized spacial score (nSPS) is 17.8. The van der Waals surface area contributed by atoms with Crippen LogP contribution in [-0.2, 0) is 11.2 Å². The molecule has 94 valence electrons. The number of ether oxygens (including phenoxy) is 2. The van der Waals surface area contributed by atoms with Gasteiger partial charge >= 0.3 is 0 Å². The van der Waals surface area contributed by atoms with Crippen LogP contribution in [0.3, 0.4) is 0 Å². The van der Waals surface area contributed by atoms with Crippen molar-refractivity contribution in [3.05, 3.63) is 29.8 Å². The summed E-state index contributed by atoms with van der Waals surface area (Å²) in [6, 6.07) is 8.34. The molecule has 2 rings (SSSR count). The van der Waals surface area contributed by atoms with Crippen LogP contribution in [0.4, 0.5) is 0 Å². The predicted octanol–water partition coefficient (Wildman–Crippen LogP) is 2.01. The largest absolute Gasteiger partial charge is 0.490 e. The summed E-state index contributed by atoms with van der Waals surface area (Å²) in [6.07, 6.45) is 3.71. The highest BCUT2D eigenvalue weighted by Gasteiger charge is 2.21. The molecule has 1 N–H and O–H groups in total. The fourth-order valence-electron chi connectivity index (χ4n) is 2.17. The lowest BCUT2D eigenvalue weighted by Gasteiger charge is -2.10. The van der Waals surface area contributed by atoms with Gasteiger partial charge in [-0.1, -0.05) is 18.2 Å². The first kappa shape index (κ1) is 12.4. The molecule has 1 heterocycles. The SMILES string of the molecule is COCCNCCCC1Cc2ccccc2O1. The Labute approximate surface area is 103 Å². The minimum absolute atomic E-state index is 0.372. The van der Waals surface area contributed by atoms with Gasteiger partial charge in [-0.25, -0.2) is 0 Å². The summed E-state index contributed by atoms with van der Waals surface area (Å²) in [5.41, 5.74) is 1.35. The number of rotatable bonds is 7. The van der Waals surface area contributed by atoms with Gasteiger partial charge < -0.3 is 14.8 Å². The summed E-state index contributed by atoms with van der Waals surface area (Å²) in [7, 11) is 1.73. The molecule has 0 saturated heterocycles. The first-order valence-electron chi connectivity index (χ1n) is 6.34. The fourth-order valence-corrected chi connectivity index (χ4v) is 2.17. The molecule has 1 aromatic carbocycles. The smallest absolute Gasteiger partial charge is 0.123 e. The second-order valence-electron chi connectivity index (χ2n) is 4.44. The van der Waals surface area contributed by atoms with E-state index in [1.54, 1.807) is 7.11 Å². The van der Waals surface area contributed by atoms with E-state index in [-0.39, 0.29) is 0 Å². The van der Waals surface area contributed by atoms with E-state index >= 15 is 0 Å². The molecule has 1 aliphatic rings. The van der Waals surface area contributed by atoms with Crippen molar-refractivity contribution in [2.75, 3.05) is 26.8 Å². The van der Waals surface area contributed by atoms with Gasteiger partial charge in [-0.2, -0.15) is 0 Å². The van der Waals surface area contributed by atoms with Crippen LogP contribution in [0.15, 0.2) is 24.3 Å². The summed E-state index contributed by atoms with van der Waals surface area (Å²) < 4.78 is 10.9. The molecule has 17 heavy (non-hydrogen) atoms. The zero-order chi connectivity index (χ0) is 11.9. The first-order valence-corrected chi connectivity index (χ1v) is 6.34. The lowest BCUT2D eigenvalue weighted by molar-refractivity contribution is 0.196. The minimum atomic E-state index is 0.372. The Balaban J connectivity index is 1.60. The Morgan fingerprint density at radius 2 is 2.24 bits per heavy atom. The Morgan fingerprint density at radius 1 is 1.35 bits per heavy atom. The van der Waals surface area contributed by atoms with Gasteiger partial charge in [0.2, 0.25) is 0 Å². The molecule has 1 aromatic rings. The van der Waals surface area contributed by atoms with Gasteiger partial charge in [-0.3, -0.25) is 0 Å². The second-order valence-corrected chi connectivity index (χ2v) is 4.44. The summed E-state index contributed by atoms with van der Waals surface area (Å²) in [4.78, 5) is 0. The quantitative estimate of drug-likeness (QED) is 0.733. The van der Waals surface area contributed by atoms with Crippen LogP contribution in [0, 0.1) is 0 Å². The lowest BCUT2D eigenvalue weighted by Crippen LogP contribution is -2.22. The van der Waals surface area contributed by atoms with Crippen molar-refractivity contribution in [1.82, 2.24) is 5.32 Å². The Hall–Kier alpha value is -1.06. The van der Waals surface area contributed by atoms with Crippen molar-refractivity contribution >= 4 is 0 Å². The molecule has 1 aliphatic heterocycles. The number of hydrogen-bond donors (Lipinski definition) is 1. The Kier molecular flexibility index (Phi) is 4.83. The van der Waals surface area contributed by atoms with E-state index in [0.29, 0.717) is 6.10 Å². The number of nitrogens with one attached hydrogen (secondary N) is 1. The van der Waals surface area contributed by atoms with Crippen LogP contribution < -0.4 is 10.1 Å². The van der Waals surface area contributed by atoms with Crippen molar-refractivity contribution in [3.8, 4) is 5.75 Å². The molecule has 0 bridgehead atoms. The van der Waals surface area contributed by atoms with Gasteiger partial charge in [0.15, 0.2) is 0 Å². The van der Waals surface area contributed by atoms with Crippen LogP contribution in [0.2, 0.25) is 0 Å². The summed E-state index contributed by atoms with van der Waals surface area (Å²) in [5, 5.41) is 3.35. The monoisotopic (exact) mass is 235 g/mol. The third-order valence-electron chi connectivity index (χ3n) is 3.08. The van der Waals surface area contributed by atoms with E-state index in [2.05, 4.69) is 23.5 Å². The highest BCUT2D eigenvalue weighted by molar-refractivity contribution is 5.37. The van der Waals surface area contributed by atoms with Crippen molar-refractivity contribution in [2.45, 2.75) is 25.4 Å². The third-order valence-corrected chi connectivity index (χ3v) is 3.08. The van der Waals surface area contributed by atoms with Gasteiger partial charge in [0.25, 0.3) is 0 Å². The lowest BCUT2D eigenvalue weighted by atomic mass is 10.1. The Bertz CT molecular complexity index is 316. The molecular formula is C14H21NO2. The molecule has 3 heteroatoms. The highest BCUT2D eigenvalue weighted by atomic mass is 16.5. The van der Waals surface area contributed by atoms with Gasteiger partial charge in [0.1, 0.15) is 11.9 Å². The maximum Gasteiger partial charge on any atom is 0.123 e. The minimum Gasteiger partial charge on any atom is -0.490 e. The Morgan fingerprint density at radius 3 is 3.06 bits per heavy atom. The van der Waals surface area contributed by atoms with Crippen molar-refractivity contribution in [2.24, 2.45) is 0 Å². The van der Waals surface area contributed by atoms with Gasteiger partial charge in [0, 0.05) is 20.1 Å². The highest BCUT2D eigenvalue weighted by Crippen LogP contribution is 2.29. The third kappa shape index (κ3) is 3.72. The first-order chi connectivity index (χ1) is 8.40. The molecule has 0 aromatic heterocycles. The van der Waals surface area contributed by atoms with Crippen molar-refractivity contribution < 1.29 is 9.47 Å².